The van der Waals surface area contributed by atoms with E-state index in [1.54, 1.807) is 13.8 Å². The first-order valence-corrected chi connectivity index (χ1v) is 23.2. The van der Waals surface area contributed by atoms with Crippen molar-refractivity contribution in [3.8, 4) is 23.0 Å². The van der Waals surface area contributed by atoms with Crippen LogP contribution in [-0.2, 0) is 63.2 Å². The minimum atomic E-state index is -5.18. The molecule has 2 unspecified atom stereocenters. The Morgan fingerprint density at radius 2 is 1.63 bits per heavy atom. The molecule has 1 aliphatic rings. The second-order valence-electron chi connectivity index (χ2n) is 14.8. The molecule has 6 rings (SSSR count). The summed E-state index contributed by atoms with van der Waals surface area (Å²) in [5, 5.41) is 9.32. The van der Waals surface area contributed by atoms with E-state index in [9.17, 15) is 53.7 Å². The van der Waals surface area contributed by atoms with Gasteiger partial charge in [-0.15, -0.1) is 0 Å². The average Bonchev–Trinajstić information content (AvgIpc) is 3.92. The van der Waals surface area contributed by atoms with Crippen LogP contribution in [0.15, 0.2) is 42.5 Å². The predicted octanol–water partition coefficient (Wildman–Crippen LogP) is 8.87. The second kappa shape index (κ2) is 21.8. The predicted molar refractivity (Wildman–Crippen MR) is 238 cm³/mol. The Kier molecular flexibility index (Phi) is 17.7. The van der Waals surface area contributed by atoms with Gasteiger partial charge in [0.25, 0.3) is 5.92 Å². The monoisotopic (exact) mass is 1020 g/mol. The van der Waals surface area contributed by atoms with Crippen LogP contribution in [0.4, 0.5) is 49.7 Å². The van der Waals surface area contributed by atoms with E-state index in [4.69, 9.17) is 11.6 Å². The number of aldehydes is 1. The molecule has 0 radical (unpaired) electrons. The Morgan fingerprint density at radius 3 is 2.19 bits per heavy atom. The van der Waals surface area contributed by atoms with Gasteiger partial charge in [0.15, 0.2) is 11.5 Å². The van der Waals surface area contributed by atoms with E-state index in [-0.39, 0.29) is 49.5 Å². The van der Waals surface area contributed by atoms with E-state index in [2.05, 4.69) is 38.1 Å². The van der Waals surface area contributed by atoms with Crippen molar-refractivity contribution in [2.75, 3.05) is 23.9 Å². The SMILES string of the molecule is CC.CN.CSN(C(=O)C=O)c1nn(CC(F)(F)F)c2c(-c3ccc(C#CC(C)(C)S(C)=O)nc3C(Cc3cc(F)cc(F)c3)NC(=O)Cn3nc(C(F)(F)F)c4c3C(F)(F)CC4)ccc(Cl)c12. The zero-order valence-electron chi connectivity index (χ0n) is 37.1. The van der Waals surface area contributed by atoms with Gasteiger partial charge in [-0.2, -0.15) is 45.3 Å². The first kappa shape index (κ1) is 55.1. The van der Waals surface area contributed by atoms with Crippen LogP contribution in [0.25, 0.3) is 22.0 Å². The van der Waals surface area contributed by atoms with Gasteiger partial charge in [0.2, 0.25) is 12.2 Å². The quantitative estimate of drug-likeness (QED) is 0.0410. The zero-order chi connectivity index (χ0) is 51.3. The lowest BCUT2D eigenvalue weighted by atomic mass is 9.93. The maximum atomic E-state index is 15.1. The van der Waals surface area contributed by atoms with E-state index >= 15 is 8.78 Å². The summed E-state index contributed by atoms with van der Waals surface area (Å²) in [6.07, 6.45) is -9.82. The molecular formula is C43H43ClF10N8O4S2. The molecule has 0 bridgehead atoms. The molecule has 0 fully saturated rings. The molecule has 3 heterocycles. The van der Waals surface area contributed by atoms with Gasteiger partial charge in [-0.1, -0.05) is 37.4 Å². The fourth-order valence-electron chi connectivity index (χ4n) is 7.00. The van der Waals surface area contributed by atoms with Crippen molar-refractivity contribution in [3.63, 3.8) is 0 Å². The lowest BCUT2D eigenvalue weighted by Crippen LogP contribution is -2.35. The minimum Gasteiger partial charge on any atom is -0.346 e. The number of anilines is 1. The number of carbonyl (C=O) groups is 3. The highest BCUT2D eigenvalue weighted by molar-refractivity contribution is 8.00. The summed E-state index contributed by atoms with van der Waals surface area (Å²) in [6.45, 7) is 4.06. The largest absolute Gasteiger partial charge is 0.435 e. The van der Waals surface area contributed by atoms with E-state index < -0.39 is 124 Å². The van der Waals surface area contributed by atoms with Crippen molar-refractivity contribution in [1.82, 2.24) is 29.9 Å². The number of fused-ring (bicyclic) bond motifs is 2. The minimum absolute atomic E-state index is 0.106. The highest BCUT2D eigenvalue weighted by Gasteiger charge is 2.50. The zero-order valence-corrected chi connectivity index (χ0v) is 39.5. The molecule has 3 N–H and O–H groups in total. The fourth-order valence-corrected chi connectivity index (χ4v) is 7.96. The molecule has 1 aliphatic carbocycles. The van der Waals surface area contributed by atoms with Gasteiger partial charge in [0.05, 0.1) is 27.7 Å². The molecule has 3 aromatic heterocycles. The number of rotatable bonds is 12. The van der Waals surface area contributed by atoms with Gasteiger partial charge in [-0.25, -0.2) is 18.1 Å². The van der Waals surface area contributed by atoms with Crippen LogP contribution in [0.3, 0.4) is 0 Å². The van der Waals surface area contributed by atoms with Crippen LogP contribution in [0.1, 0.15) is 74.1 Å². The fraction of sp³-hybridized carbons (Fsp3) is 0.395. The van der Waals surface area contributed by atoms with Crippen LogP contribution in [0.5, 0.6) is 0 Å². The number of nitrogens with one attached hydrogen (secondary N) is 1. The second-order valence-corrected chi connectivity index (χ2v) is 17.9. The standard InChI is InChI=1S/C40H32ClF10N7O4S2.C2H6.CH5N/c1-37(2,64(4)62)11-9-23-5-6-24(25-7-8-27(41)31-33(25)57(19-39(46,47)48)55-36(31)58(63-3)30(61)18-59)32(52-23)28(15-20-13-21(42)16-22(43)14-20)53-29(60)17-56-35-26(10-12-38(35,44)45)34(54-56)40(49,50)51;2*1-2/h5-8,13-14,16,18,28H,10,12,15,17,19H2,1-4H3,(H,53,60);1-2H3;2H2,1H3. The molecule has 0 saturated carbocycles. The first-order chi connectivity index (χ1) is 31.7. The van der Waals surface area contributed by atoms with Crippen LogP contribution < -0.4 is 15.4 Å². The molecule has 25 heteroatoms. The van der Waals surface area contributed by atoms with Gasteiger partial charge in [0.1, 0.15) is 40.9 Å². The highest BCUT2D eigenvalue weighted by Crippen LogP contribution is 2.47. The van der Waals surface area contributed by atoms with Crippen molar-refractivity contribution >= 4 is 69.2 Å². The van der Waals surface area contributed by atoms with E-state index in [1.165, 1.54) is 43.8 Å². The third-order valence-electron chi connectivity index (χ3n) is 9.93. The lowest BCUT2D eigenvalue weighted by Gasteiger charge is -2.23. The first-order valence-electron chi connectivity index (χ1n) is 20.1. The highest BCUT2D eigenvalue weighted by atomic mass is 35.5. The molecule has 2 atom stereocenters. The molecule has 12 nitrogen and oxygen atoms in total. The maximum Gasteiger partial charge on any atom is 0.435 e. The van der Waals surface area contributed by atoms with Crippen molar-refractivity contribution in [2.24, 2.45) is 5.73 Å². The van der Waals surface area contributed by atoms with Crippen molar-refractivity contribution in [3.05, 3.63) is 93.0 Å². The third kappa shape index (κ3) is 12.4. The molecule has 68 heavy (non-hydrogen) atoms. The Labute approximate surface area is 394 Å². The molecule has 0 spiro atoms. The number of alkyl halides is 8. The Hall–Kier alpha value is -5.51. The number of pyridine rings is 1. The van der Waals surface area contributed by atoms with Crippen LogP contribution in [-0.4, -0.2) is 77.3 Å². The summed E-state index contributed by atoms with van der Waals surface area (Å²) >= 11 is 7.19. The van der Waals surface area contributed by atoms with Crippen molar-refractivity contribution in [1.29, 1.82) is 0 Å². The molecule has 0 aliphatic heterocycles. The number of aromatic nitrogens is 5. The number of amides is 2. The lowest BCUT2D eigenvalue weighted by molar-refractivity contribution is -0.143. The molecule has 0 saturated heterocycles. The van der Waals surface area contributed by atoms with Crippen LogP contribution in [0, 0.1) is 23.5 Å². The average molecular weight is 1030 g/mol. The molecular weight excluding hydrogens is 982 g/mol. The molecule has 5 aromatic rings. The maximum absolute atomic E-state index is 15.1. The van der Waals surface area contributed by atoms with Gasteiger partial charge in [-0.05, 0) is 87.5 Å². The molecule has 2 amide bonds. The Bertz CT molecular complexity index is 2760. The summed E-state index contributed by atoms with van der Waals surface area (Å²) in [4.78, 5) is 42.8. The smallest absolute Gasteiger partial charge is 0.346 e. The van der Waals surface area contributed by atoms with Crippen molar-refractivity contribution in [2.45, 2.75) is 89.1 Å². The van der Waals surface area contributed by atoms with Crippen molar-refractivity contribution < 1.29 is 62.5 Å². The van der Waals surface area contributed by atoms with Gasteiger partial charge in [-0.3, -0.25) is 28.0 Å². The molecule has 368 valence electrons. The number of nitrogens with two attached hydrogens (primary N) is 1. The van der Waals surface area contributed by atoms with Gasteiger partial charge < -0.3 is 11.1 Å². The Morgan fingerprint density at radius 1 is 1.01 bits per heavy atom. The number of halogens is 11. The van der Waals surface area contributed by atoms with E-state index in [0.717, 1.165) is 12.1 Å². The Balaban J connectivity index is 0.00000245. The van der Waals surface area contributed by atoms with Crippen LogP contribution >= 0.6 is 23.5 Å². The summed E-state index contributed by atoms with van der Waals surface area (Å²) in [5.74, 6) is -3.40. The van der Waals surface area contributed by atoms with E-state index in [1.807, 2.05) is 13.8 Å². The number of nitrogens with zero attached hydrogens (tertiary/aromatic N) is 6. The van der Waals surface area contributed by atoms with E-state index in [0.29, 0.717) is 27.0 Å². The van der Waals surface area contributed by atoms with Gasteiger partial charge in [0, 0.05) is 52.5 Å². The summed E-state index contributed by atoms with van der Waals surface area (Å²) < 4.78 is 157. The summed E-state index contributed by atoms with van der Waals surface area (Å²) in [6, 6.07) is 5.66. The third-order valence-corrected chi connectivity index (χ3v) is 12.5. The normalized spacial score (nSPS) is 14.0. The summed E-state index contributed by atoms with van der Waals surface area (Å²) in [7, 11) is -0.0290. The topological polar surface area (TPSA) is 158 Å². The van der Waals surface area contributed by atoms with Gasteiger partial charge >= 0.3 is 18.3 Å². The number of carbonyl (C=O) groups excluding carboxylic acids is 3. The van der Waals surface area contributed by atoms with Crippen LogP contribution in [0.2, 0.25) is 5.02 Å². The molecule has 2 aromatic carbocycles. The summed E-state index contributed by atoms with van der Waals surface area (Å²) in [5.41, 5.74) is -0.332. The number of benzene rings is 2. The number of hydrogen-bond acceptors (Lipinski definition) is 9. The number of hydrogen-bond donors (Lipinski definition) is 2.